The van der Waals surface area contributed by atoms with Crippen LogP contribution in [-0.4, -0.2) is 15.8 Å². The van der Waals surface area contributed by atoms with Gasteiger partial charge in [-0.05, 0) is 25.1 Å². The van der Waals surface area contributed by atoms with Crippen LogP contribution in [0.25, 0.3) is 0 Å². The number of aldehydes is 1. The zero-order chi connectivity index (χ0) is 13.0. The molecule has 5 heteroatoms. The first kappa shape index (κ1) is 12.3. The fourth-order valence-corrected chi connectivity index (χ4v) is 1.62. The van der Waals surface area contributed by atoms with E-state index in [1.807, 2.05) is 17.7 Å². The van der Waals surface area contributed by atoms with E-state index in [-0.39, 0.29) is 17.9 Å². The van der Waals surface area contributed by atoms with Gasteiger partial charge in [0.1, 0.15) is 18.7 Å². The zero-order valence-corrected chi connectivity index (χ0v) is 9.97. The van der Waals surface area contributed by atoms with Crippen LogP contribution in [0.15, 0.2) is 30.6 Å². The van der Waals surface area contributed by atoms with E-state index in [4.69, 9.17) is 4.74 Å². The Morgan fingerprint density at radius 1 is 1.50 bits per heavy atom. The van der Waals surface area contributed by atoms with Gasteiger partial charge >= 0.3 is 0 Å². The maximum Gasteiger partial charge on any atom is 0.165 e. The summed E-state index contributed by atoms with van der Waals surface area (Å²) in [5, 5.41) is 0. The van der Waals surface area contributed by atoms with Crippen molar-refractivity contribution in [3.63, 3.8) is 0 Å². The van der Waals surface area contributed by atoms with Crippen LogP contribution in [0.3, 0.4) is 0 Å². The molecule has 0 amide bonds. The third kappa shape index (κ3) is 2.56. The minimum atomic E-state index is -0.547. The van der Waals surface area contributed by atoms with E-state index >= 15 is 0 Å². The summed E-state index contributed by atoms with van der Waals surface area (Å²) in [7, 11) is 0. The van der Waals surface area contributed by atoms with Crippen molar-refractivity contribution >= 4 is 6.29 Å². The number of carbonyl (C=O) groups excluding carboxylic acids is 1. The van der Waals surface area contributed by atoms with Gasteiger partial charge in [0.2, 0.25) is 0 Å². The van der Waals surface area contributed by atoms with Crippen molar-refractivity contribution in [3.8, 4) is 5.75 Å². The molecule has 0 bridgehead atoms. The number of ether oxygens (including phenoxy) is 1. The molecule has 0 spiro atoms. The molecule has 0 aliphatic carbocycles. The predicted octanol–water partition coefficient (Wildman–Crippen LogP) is 2.43. The second kappa shape index (κ2) is 5.44. The molecule has 4 nitrogen and oxygen atoms in total. The zero-order valence-electron chi connectivity index (χ0n) is 9.97. The molecule has 0 saturated heterocycles. The minimum absolute atomic E-state index is 0.117. The topological polar surface area (TPSA) is 44.1 Å². The van der Waals surface area contributed by atoms with E-state index < -0.39 is 5.82 Å². The summed E-state index contributed by atoms with van der Waals surface area (Å²) >= 11 is 0. The fraction of sp³-hybridized carbons (Fsp3) is 0.231. The lowest BCUT2D eigenvalue weighted by molar-refractivity contribution is 0.112. The van der Waals surface area contributed by atoms with Gasteiger partial charge in [-0.1, -0.05) is 0 Å². The first-order valence-corrected chi connectivity index (χ1v) is 5.62. The Hall–Kier alpha value is -2.17. The van der Waals surface area contributed by atoms with Crippen LogP contribution in [0.5, 0.6) is 5.75 Å². The van der Waals surface area contributed by atoms with E-state index in [1.54, 1.807) is 6.20 Å². The first-order valence-electron chi connectivity index (χ1n) is 5.62. The highest BCUT2D eigenvalue weighted by Crippen LogP contribution is 2.18. The summed E-state index contributed by atoms with van der Waals surface area (Å²) in [5.41, 5.74) is 0.287. The Balaban J connectivity index is 2.08. The third-order valence-corrected chi connectivity index (χ3v) is 2.59. The van der Waals surface area contributed by atoms with E-state index in [2.05, 4.69) is 4.98 Å². The number of benzene rings is 1. The monoisotopic (exact) mass is 248 g/mol. The molecule has 0 atom stereocenters. The Morgan fingerprint density at radius 3 is 3.00 bits per heavy atom. The van der Waals surface area contributed by atoms with Gasteiger partial charge in [-0.2, -0.15) is 0 Å². The van der Waals surface area contributed by atoms with Gasteiger partial charge in [0, 0.05) is 24.5 Å². The number of rotatable bonds is 5. The van der Waals surface area contributed by atoms with Crippen LogP contribution < -0.4 is 4.74 Å². The Kier molecular flexibility index (Phi) is 3.72. The van der Waals surface area contributed by atoms with Gasteiger partial charge < -0.3 is 9.30 Å². The highest BCUT2D eigenvalue weighted by Gasteiger charge is 2.07. The number of aryl methyl sites for hydroxylation is 1. The molecule has 2 aromatic rings. The second-order valence-corrected chi connectivity index (χ2v) is 3.73. The SMILES string of the molecule is CCn1ccnc1COc1ccc(C=O)cc1F. The van der Waals surface area contributed by atoms with Crippen molar-refractivity contribution in [1.29, 1.82) is 0 Å². The van der Waals surface area contributed by atoms with Gasteiger partial charge in [-0.15, -0.1) is 0 Å². The van der Waals surface area contributed by atoms with Gasteiger partial charge in [-0.25, -0.2) is 9.37 Å². The summed E-state index contributed by atoms with van der Waals surface area (Å²) in [6, 6.07) is 4.10. The number of imidazole rings is 1. The van der Waals surface area contributed by atoms with Crippen molar-refractivity contribution in [1.82, 2.24) is 9.55 Å². The van der Waals surface area contributed by atoms with Crippen LogP contribution in [0.1, 0.15) is 23.1 Å². The molecule has 0 saturated carbocycles. The number of nitrogens with zero attached hydrogens (tertiary/aromatic N) is 2. The molecule has 1 heterocycles. The Bertz CT molecular complexity index is 552. The number of carbonyl (C=O) groups is 1. The van der Waals surface area contributed by atoms with Gasteiger partial charge in [0.25, 0.3) is 0 Å². The largest absolute Gasteiger partial charge is 0.483 e. The molecule has 0 unspecified atom stereocenters. The summed E-state index contributed by atoms with van der Waals surface area (Å²) in [6.07, 6.45) is 4.11. The normalized spacial score (nSPS) is 10.3. The van der Waals surface area contributed by atoms with Crippen molar-refractivity contribution in [2.75, 3.05) is 0 Å². The maximum absolute atomic E-state index is 13.5. The van der Waals surface area contributed by atoms with E-state index in [9.17, 15) is 9.18 Å². The molecule has 1 aromatic heterocycles. The van der Waals surface area contributed by atoms with Gasteiger partial charge in [0.05, 0.1) is 0 Å². The number of hydrogen-bond donors (Lipinski definition) is 0. The smallest absolute Gasteiger partial charge is 0.165 e. The predicted molar refractivity (Wildman–Crippen MR) is 64.0 cm³/mol. The third-order valence-electron chi connectivity index (χ3n) is 2.59. The van der Waals surface area contributed by atoms with Crippen LogP contribution in [0, 0.1) is 5.82 Å². The first-order chi connectivity index (χ1) is 8.74. The lowest BCUT2D eigenvalue weighted by Crippen LogP contribution is -2.06. The summed E-state index contributed by atoms with van der Waals surface area (Å²) in [4.78, 5) is 14.6. The van der Waals surface area contributed by atoms with Crippen LogP contribution in [-0.2, 0) is 13.2 Å². The average molecular weight is 248 g/mol. The number of hydrogen-bond acceptors (Lipinski definition) is 3. The molecule has 0 aliphatic heterocycles. The van der Waals surface area contributed by atoms with Crippen LogP contribution in [0.2, 0.25) is 0 Å². The standard InChI is InChI=1S/C13H13FN2O2/c1-2-16-6-5-15-13(16)9-18-12-4-3-10(8-17)7-11(12)14/h3-8H,2,9H2,1H3. The molecule has 0 aliphatic rings. The molecule has 18 heavy (non-hydrogen) atoms. The highest BCUT2D eigenvalue weighted by atomic mass is 19.1. The number of halogens is 1. The molecule has 0 fully saturated rings. The molecule has 1 aromatic carbocycles. The summed E-state index contributed by atoms with van der Waals surface area (Å²) < 4.78 is 20.8. The quantitative estimate of drug-likeness (QED) is 0.763. The van der Waals surface area contributed by atoms with Crippen molar-refractivity contribution in [2.24, 2.45) is 0 Å². The molecule has 0 radical (unpaired) electrons. The maximum atomic E-state index is 13.5. The van der Waals surface area contributed by atoms with Gasteiger partial charge in [-0.3, -0.25) is 4.79 Å². The van der Waals surface area contributed by atoms with Crippen LogP contribution >= 0.6 is 0 Å². The van der Waals surface area contributed by atoms with Crippen molar-refractivity contribution < 1.29 is 13.9 Å². The van der Waals surface area contributed by atoms with Crippen LogP contribution in [0.4, 0.5) is 4.39 Å². The summed E-state index contributed by atoms with van der Waals surface area (Å²) in [5.74, 6) is 0.303. The Labute approximate surface area is 104 Å². The van der Waals surface area contributed by atoms with E-state index in [0.717, 1.165) is 18.4 Å². The highest BCUT2D eigenvalue weighted by molar-refractivity contribution is 5.74. The molecular formula is C13H13FN2O2. The molecule has 0 N–H and O–H groups in total. The van der Waals surface area contributed by atoms with E-state index in [1.165, 1.54) is 12.1 Å². The Morgan fingerprint density at radius 2 is 2.33 bits per heavy atom. The summed E-state index contributed by atoms with van der Waals surface area (Å²) in [6.45, 7) is 2.97. The van der Waals surface area contributed by atoms with Gasteiger partial charge in [0.15, 0.2) is 11.6 Å². The second-order valence-electron chi connectivity index (χ2n) is 3.73. The lowest BCUT2D eigenvalue weighted by atomic mass is 10.2. The molecule has 2 rings (SSSR count). The minimum Gasteiger partial charge on any atom is -0.483 e. The molecule has 94 valence electrons. The van der Waals surface area contributed by atoms with Crippen molar-refractivity contribution in [2.45, 2.75) is 20.1 Å². The van der Waals surface area contributed by atoms with Crippen molar-refractivity contribution in [3.05, 3.63) is 47.8 Å². The number of aromatic nitrogens is 2. The molecular weight excluding hydrogens is 235 g/mol. The van der Waals surface area contributed by atoms with E-state index in [0.29, 0.717) is 6.29 Å². The fourth-order valence-electron chi connectivity index (χ4n) is 1.62. The lowest BCUT2D eigenvalue weighted by Gasteiger charge is -2.08. The average Bonchev–Trinajstić information content (AvgIpc) is 2.84.